The number of aliphatic hydroxyl groups is 1. The SMILES string of the molecule is CCC[C@H](C[C@@H](C)O)Nc1ccccc1. The first-order valence-corrected chi connectivity index (χ1v) is 5.72. The minimum Gasteiger partial charge on any atom is -0.393 e. The zero-order valence-corrected chi connectivity index (χ0v) is 9.61. The van der Waals surface area contributed by atoms with Gasteiger partial charge in [-0.05, 0) is 31.9 Å². The summed E-state index contributed by atoms with van der Waals surface area (Å²) < 4.78 is 0. The van der Waals surface area contributed by atoms with Gasteiger partial charge in [0.1, 0.15) is 0 Å². The first-order valence-electron chi connectivity index (χ1n) is 5.72. The monoisotopic (exact) mass is 207 g/mol. The van der Waals surface area contributed by atoms with Crippen molar-refractivity contribution in [1.82, 2.24) is 0 Å². The summed E-state index contributed by atoms with van der Waals surface area (Å²) in [5.41, 5.74) is 1.14. The zero-order chi connectivity index (χ0) is 11.1. The fraction of sp³-hybridized carbons (Fsp3) is 0.538. The summed E-state index contributed by atoms with van der Waals surface area (Å²) in [5, 5.41) is 12.8. The van der Waals surface area contributed by atoms with Crippen LogP contribution >= 0.6 is 0 Å². The van der Waals surface area contributed by atoms with Gasteiger partial charge in [0.05, 0.1) is 6.10 Å². The van der Waals surface area contributed by atoms with Crippen molar-refractivity contribution in [3.05, 3.63) is 30.3 Å². The van der Waals surface area contributed by atoms with E-state index in [0.717, 1.165) is 24.9 Å². The number of nitrogens with one attached hydrogen (secondary N) is 1. The number of benzene rings is 1. The Hall–Kier alpha value is -1.02. The summed E-state index contributed by atoms with van der Waals surface area (Å²) in [7, 11) is 0. The lowest BCUT2D eigenvalue weighted by Crippen LogP contribution is -2.23. The van der Waals surface area contributed by atoms with Gasteiger partial charge in [-0.1, -0.05) is 31.5 Å². The molecule has 0 heterocycles. The average molecular weight is 207 g/mol. The Morgan fingerprint density at radius 1 is 1.27 bits per heavy atom. The molecule has 0 spiro atoms. The van der Waals surface area contributed by atoms with E-state index in [0.29, 0.717) is 6.04 Å². The van der Waals surface area contributed by atoms with Crippen molar-refractivity contribution >= 4 is 5.69 Å². The molecule has 0 bridgehead atoms. The molecule has 0 unspecified atom stereocenters. The highest BCUT2D eigenvalue weighted by Gasteiger charge is 2.10. The maximum absolute atomic E-state index is 9.39. The summed E-state index contributed by atoms with van der Waals surface area (Å²) >= 11 is 0. The molecule has 0 fully saturated rings. The smallest absolute Gasteiger partial charge is 0.0531 e. The minimum absolute atomic E-state index is 0.238. The van der Waals surface area contributed by atoms with Crippen molar-refractivity contribution in [3.8, 4) is 0 Å². The van der Waals surface area contributed by atoms with Gasteiger partial charge < -0.3 is 10.4 Å². The fourth-order valence-corrected chi connectivity index (χ4v) is 1.78. The molecule has 1 rings (SSSR count). The maximum Gasteiger partial charge on any atom is 0.0531 e. The highest BCUT2D eigenvalue weighted by molar-refractivity contribution is 5.43. The van der Waals surface area contributed by atoms with E-state index in [2.05, 4.69) is 24.4 Å². The van der Waals surface area contributed by atoms with Crippen LogP contribution in [0.5, 0.6) is 0 Å². The number of para-hydroxylation sites is 1. The van der Waals surface area contributed by atoms with Gasteiger partial charge in [-0.25, -0.2) is 0 Å². The van der Waals surface area contributed by atoms with Gasteiger partial charge in [0, 0.05) is 11.7 Å². The molecule has 84 valence electrons. The number of anilines is 1. The molecule has 0 radical (unpaired) electrons. The molecule has 1 aromatic carbocycles. The van der Waals surface area contributed by atoms with E-state index in [4.69, 9.17) is 0 Å². The first-order chi connectivity index (χ1) is 7.22. The molecule has 2 nitrogen and oxygen atoms in total. The van der Waals surface area contributed by atoms with Gasteiger partial charge in [0.2, 0.25) is 0 Å². The van der Waals surface area contributed by atoms with Crippen molar-refractivity contribution in [3.63, 3.8) is 0 Å². The van der Waals surface area contributed by atoms with Gasteiger partial charge in [-0.3, -0.25) is 0 Å². The summed E-state index contributed by atoms with van der Waals surface area (Å²) in [6, 6.07) is 10.5. The molecule has 0 aliphatic rings. The van der Waals surface area contributed by atoms with E-state index in [1.54, 1.807) is 0 Å². The predicted molar refractivity (Wildman–Crippen MR) is 65.1 cm³/mol. The lowest BCUT2D eigenvalue weighted by atomic mass is 10.0. The largest absolute Gasteiger partial charge is 0.393 e. The third-order valence-corrected chi connectivity index (χ3v) is 2.41. The van der Waals surface area contributed by atoms with E-state index in [-0.39, 0.29) is 6.10 Å². The second-order valence-electron chi connectivity index (χ2n) is 4.08. The molecule has 15 heavy (non-hydrogen) atoms. The van der Waals surface area contributed by atoms with Gasteiger partial charge in [-0.15, -0.1) is 0 Å². The molecule has 1 aromatic rings. The molecule has 2 atom stereocenters. The van der Waals surface area contributed by atoms with Crippen LogP contribution in [0.2, 0.25) is 0 Å². The third-order valence-electron chi connectivity index (χ3n) is 2.41. The number of aliphatic hydroxyl groups excluding tert-OH is 1. The molecule has 0 amide bonds. The van der Waals surface area contributed by atoms with Gasteiger partial charge >= 0.3 is 0 Å². The second-order valence-corrected chi connectivity index (χ2v) is 4.08. The van der Waals surface area contributed by atoms with Crippen molar-refractivity contribution in [2.45, 2.75) is 45.3 Å². The average Bonchev–Trinajstić information content (AvgIpc) is 2.18. The lowest BCUT2D eigenvalue weighted by Gasteiger charge is -2.20. The molecule has 0 aliphatic heterocycles. The number of rotatable bonds is 6. The second kappa shape index (κ2) is 6.46. The fourth-order valence-electron chi connectivity index (χ4n) is 1.78. The highest BCUT2D eigenvalue weighted by atomic mass is 16.3. The number of hydrogen-bond donors (Lipinski definition) is 2. The Bertz CT molecular complexity index is 258. The Balaban J connectivity index is 2.50. The van der Waals surface area contributed by atoms with Crippen LogP contribution in [-0.4, -0.2) is 17.3 Å². The van der Waals surface area contributed by atoms with Crippen molar-refractivity contribution in [1.29, 1.82) is 0 Å². The quantitative estimate of drug-likeness (QED) is 0.751. The van der Waals surface area contributed by atoms with Crippen LogP contribution in [0.1, 0.15) is 33.1 Å². The van der Waals surface area contributed by atoms with Crippen LogP contribution < -0.4 is 5.32 Å². The Morgan fingerprint density at radius 3 is 2.47 bits per heavy atom. The predicted octanol–water partition coefficient (Wildman–Crippen LogP) is 3.04. The van der Waals surface area contributed by atoms with E-state index in [1.165, 1.54) is 0 Å². The Labute approximate surface area is 92.3 Å². The van der Waals surface area contributed by atoms with Gasteiger partial charge in [0.25, 0.3) is 0 Å². The normalized spacial score (nSPS) is 14.6. The summed E-state index contributed by atoms with van der Waals surface area (Å²) in [5.74, 6) is 0. The van der Waals surface area contributed by atoms with E-state index < -0.39 is 0 Å². The van der Waals surface area contributed by atoms with Crippen molar-refractivity contribution in [2.75, 3.05) is 5.32 Å². The van der Waals surface area contributed by atoms with E-state index >= 15 is 0 Å². The van der Waals surface area contributed by atoms with E-state index in [1.807, 2.05) is 25.1 Å². The topological polar surface area (TPSA) is 32.3 Å². The molecule has 0 aromatic heterocycles. The maximum atomic E-state index is 9.39. The van der Waals surface area contributed by atoms with Crippen LogP contribution in [0.3, 0.4) is 0 Å². The van der Waals surface area contributed by atoms with Crippen molar-refractivity contribution in [2.24, 2.45) is 0 Å². The van der Waals surface area contributed by atoms with Crippen LogP contribution in [-0.2, 0) is 0 Å². The van der Waals surface area contributed by atoms with E-state index in [9.17, 15) is 5.11 Å². The zero-order valence-electron chi connectivity index (χ0n) is 9.61. The van der Waals surface area contributed by atoms with Crippen molar-refractivity contribution < 1.29 is 5.11 Å². The van der Waals surface area contributed by atoms with Gasteiger partial charge in [0.15, 0.2) is 0 Å². The standard InChI is InChI=1S/C13H21NO/c1-3-7-13(10-11(2)15)14-12-8-5-4-6-9-12/h4-6,8-9,11,13-15H,3,7,10H2,1-2H3/t11-,13-/m1/s1. The highest BCUT2D eigenvalue weighted by Crippen LogP contribution is 2.13. The minimum atomic E-state index is -0.238. The first kappa shape index (κ1) is 12.1. The Morgan fingerprint density at radius 2 is 1.93 bits per heavy atom. The summed E-state index contributed by atoms with van der Waals surface area (Å²) in [4.78, 5) is 0. The molecular weight excluding hydrogens is 186 g/mol. The molecule has 2 N–H and O–H groups in total. The van der Waals surface area contributed by atoms with Gasteiger partial charge in [-0.2, -0.15) is 0 Å². The molecule has 2 heteroatoms. The molecular formula is C13H21NO. The van der Waals surface area contributed by atoms with Crippen LogP contribution in [0, 0.1) is 0 Å². The van der Waals surface area contributed by atoms with Crippen LogP contribution in [0.15, 0.2) is 30.3 Å². The third kappa shape index (κ3) is 4.84. The summed E-state index contributed by atoms with van der Waals surface area (Å²) in [6.45, 7) is 4.01. The van der Waals surface area contributed by atoms with Crippen LogP contribution in [0.25, 0.3) is 0 Å². The number of hydrogen-bond acceptors (Lipinski definition) is 2. The molecule has 0 aliphatic carbocycles. The van der Waals surface area contributed by atoms with Crippen LogP contribution in [0.4, 0.5) is 5.69 Å². The molecule has 0 saturated carbocycles. The Kier molecular flexibility index (Phi) is 5.19. The lowest BCUT2D eigenvalue weighted by molar-refractivity contribution is 0.176. The molecule has 0 saturated heterocycles. The summed E-state index contributed by atoms with van der Waals surface area (Å²) in [6.07, 6.45) is 2.80.